The van der Waals surface area contributed by atoms with E-state index in [0.717, 1.165) is 35.7 Å². The van der Waals surface area contributed by atoms with Gasteiger partial charge in [-0.25, -0.2) is 0 Å². The Bertz CT molecular complexity index is 648. The summed E-state index contributed by atoms with van der Waals surface area (Å²) in [7, 11) is 2.15. The van der Waals surface area contributed by atoms with Crippen LogP contribution in [0.5, 0.6) is 0 Å². The fourth-order valence-corrected chi connectivity index (χ4v) is 3.73. The summed E-state index contributed by atoms with van der Waals surface area (Å²) < 4.78 is 0.961. The van der Waals surface area contributed by atoms with Crippen LogP contribution in [-0.4, -0.2) is 44.0 Å². The summed E-state index contributed by atoms with van der Waals surface area (Å²) in [4.78, 5) is 17.5. The zero-order chi connectivity index (χ0) is 15.5. The van der Waals surface area contributed by atoms with Crippen LogP contribution in [0.2, 0.25) is 0 Å². The quantitative estimate of drug-likeness (QED) is 0.885. The fraction of sp³-hybridized carbons (Fsp3) is 0.312. The van der Waals surface area contributed by atoms with Gasteiger partial charge in [0, 0.05) is 37.6 Å². The number of carbonyl (C=O) groups excluding carboxylic acids is 1. The standard InChI is InChI=1S/C16H18BrN3OS/c1-19-8-10-20(11-9-19)13-4-2-12(3-5-13)18-16(21)14-6-7-15(17)22-14/h2-7H,8-11H2,1H3,(H,18,21). The van der Waals surface area contributed by atoms with Crippen molar-refractivity contribution < 1.29 is 4.79 Å². The number of amides is 1. The van der Waals surface area contributed by atoms with E-state index in [2.05, 4.69) is 50.2 Å². The molecular formula is C16H18BrN3OS. The molecule has 0 bridgehead atoms. The number of halogens is 1. The van der Waals surface area contributed by atoms with Gasteiger partial charge < -0.3 is 15.1 Å². The van der Waals surface area contributed by atoms with Crippen molar-refractivity contribution >= 4 is 44.5 Å². The first kappa shape index (κ1) is 15.5. The van der Waals surface area contributed by atoms with Gasteiger partial charge in [-0.2, -0.15) is 0 Å². The lowest BCUT2D eigenvalue weighted by Gasteiger charge is -2.34. The molecule has 1 aromatic heterocycles. The minimum Gasteiger partial charge on any atom is -0.369 e. The van der Waals surface area contributed by atoms with Crippen LogP contribution in [0.4, 0.5) is 11.4 Å². The highest BCUT2D eigenvalue weighted by molar-refractivity contribution is 9.11. The van der Waals surface area contributed by atoms with Crippen LogP contribution in [0.3, 0.4) is 0 Å². The molecule has 2 heterocycles. The third-order valence-corrected chi connectivity index (χ3v) is 5.41. The average Bonchev–Trinajstić information content (AvgIpc) is 2.96. The lowest BCUT2D eigenvalue weighted by Crippen LogP contribution is -2.44. The zero-order valence-electron chi connectivity index (χ0n) is 12.4. The van der Waals surface area contributed by atoms with Crippen molar-refractivity contribution in [3.8, 4) is 0 Å². The fourth-order valence-electron chi connectivity index (χ4n) is 2.45. The molecule has 22 heavy (non-hydrogen) atoms. The number of benzene rings is 1. The van der Waals surface area contributed by atoms with E-state index in [0.29, 0.717) is 4.88 Å². The van der Waals surface area contributed by atoms with Crippen molar-refractivity contribution in [2.45, 2.75) is 0 Å². The van der Waals surface area contributed by atoms with Crippen molar-refractivity contribution in [1.29, 1.82) is 0 Å². The number of nitrogens with one attached hydrogen (secondary N) is 1. The van der Waals surface area contributed by atoms with Gasteiger partial charge in [0.1, 0.15) is 0 Å². The first-order valence-corrected chi connectivity index (χ1v) is 8.83. The van der Waals surface area contributed by atoms with Gasteiger partial charge in [0.2, 0.25) is 0 Å². The lowest BCUT2D eigenvalue weighted by atomic mass is 10.2. The van der Waals surface area contributed by atoms with E-state index in [4.69, 9.17) is 0 Å². The molecule has 1 N–H and O–H groups in total. The van der Waals surface area contributed by atoms with Crippen LogP contribution in [0.25, 0.3) is 0 Å². The topological polar surface area (TPSA) is 35.6 Å². The van der Waals surface area contributed by atoms with Crippen molar-refractivity contribution in [2.75, 3.05) is 43.4 Å². The second kappa shape index (κ2) is 6.81. The monoisotopic (exact) mass is 379 g/mol. The van der Waals surface area contributed by atoms with E-state index in [1.807, 2.05) is 24.3 Å². The predicted molar refractivity (Wildman–Crippen MR) is 96.1 cm³/mol. The highest BCUT2D eigenvalue weighted by atomic mass is 79.9. The van der Waals surface area contributed by atoms with Gasteiger partial charge in [-0.1, -0.05) is 0 Å². The summed E-state index contributed by atoms with van der Waals surface area (Å²) >= 11 is 4.81. The maximum atomic E-state index is 12.1. The van der Waals surface area contributed by atoms with Crippen LogP contribution < -0.4 is 10.2 Å². The third-order valence-electron chi connectivity index (χ3n) is 3.79. The average molecular weight is 380 g/mol. The second-order valence-electron chi connectivity index (χ2n) is 5.40. The Balaban J connectivity index is 1.63. The van der Waals surface area contributed by atoms with Crippen molar-refractivity contribution in [3.05, 3.63) is 45.1 Å². The van der Waals surface area contributed by atoms with Gasteiger partial charge in [-0.15, -0.1) is 11.3 Å². The minimum atomic E-state index is -0.0666. The molecule has 0 unspecified atom stereocenters. The van der Waals surface area contributed by atoms with Crippen LogP contribution >= 0.6 is 27.3 Å². The Morgan fingerprint density at radius 3 is 2.36 bits per heavy atom. The van der Waals surface area contributed by atoms with E-state index in [1.165, 1.54) is 17.0 Å². The molecule has 1 fully saturated rings. The van der Waals surface area contributed by atoms with Gasteiger partial charge in [0.05, 0.1) is 8.66 Å². The molecule has 0 aliphatic carbocycles. The maximum Gasteiger partial charge on any atom is 0.265 e. The molecular weight excluding hydrogens is 362 g/mol. The van der Waals surface area contributed by atoms with Crippen LogP contribution in [0.15, 0.2) is 40.2 Å². The molecule has 0 atom stereocenters. The van der Waals surface area contributed by atoms with E-state index in [1.54, 1.807) is 0 Å². The van der Waals surface area contributed by atoms with Crippen molar-refractivity contribution in [2.24, 2.45) is 0 Å². The SMILES string of the molecule is CN1CCN(c2ccc(NC(=O)c3ccc(Br)s3)cc2)CC1. The lowest BCUT2D eigenvalue weighted by molar-refractivity contribution is 0.103. The number of hydrogen-bond acceptors (Lipinski definition) is 4. The molecule has 4 nitrogen and oxygen atoms in total. The Morgan fingerprint density at radius 2 is 1.77 bits per heavy atom. The summed E-state index contributed by atoms with van der Waals surface area (Å²) in [5.74, 6) is -0.0666. The van der Waals surface area contributed by atoms with Gasteiger partial charge in [-0.05, 0) is 59.4 Å². The minimum absolute atomic E-state index is 0.0666. The molecule has 1 aliphatic heterocycles. The van der Waals surface area contributed by atoms with Gasteiger partial charge in [0.25, 0.3) is 5.91 Å². The summed E-state index contributed by atoms with van der Waals surface area (Å²) in [5.41, 5.74) is 2.04. The Kier molecular flexibility index (Phi) is 4.81. The molecule has 1 aromatic carbocycles. The number of carbonyl (C=O) groups is 1. The van der Waals surface area contributed by atoms with E-state index < -0.39 is 0 Å². The zero-order valence-corrected chi connectivity index (χ0v) is 14.8. The molecule has 3 rings (SSSR count). The molecule has 1 aliphatic rings. The predicted octanol–water partition coefficient (Wildman–Crippen LogP) is 3.51. The van der Waals surface area contributed by atoms with E-state index in [-0.39, 0.29) is 5.91 Å². The van der Waals surface area contributed by atoms with Gasteiger partial charge in [0.15, 0.2) is 0 Å². The van der Waals surface area contributed by atoms with E-state index in [9.17, 15) is 4.79 Å². The smallest absolute Gasteiger partial charge is 0.265 e. The highest BCUT2D eigenvalue weighted by Gasteiger charge is 2.14. The second-order valence-corrected chi connectivity index (χ2v) is 7.86. The number of hydrogen-bond donors (Lipinski definition) is 1. The number of nitrogens with zero attached hydrogens (tertiary/aromatic N) is 2. The Hall–Kier alpha value is -1.37. The summed E-state index contributed by atoms with van der Waals surface area (Å²) in [5, 5.41) is 2.93. The first-order valence-electron chi connectivity index (χ1n) is 7.22. The number of rotatable bonds is 3. The van der Waals surface area contributed by atoms with Crippen LogP contribution in [0, 0.1) is 0 Å². The van der Waals surface area contributed by atoms with Crippen LogP contribution in [0.1, 0.15) is 9.67 Å². The molecule has 0 spiro atoms. The molecule has 1 saturated heterocycles. The molecule has 116 valence electrons. The number of likely N-dealkylation sites (N-methyl/N-ethyl adjacent to an activating group) is 1. The van der Waals surface area contributed by atoms with Crippen LogP contribution in [-0.2, 0) is 0 Å². The molecule has 0 radical (unpaired) electrons. The summed E-state index contributed by atoms with van der Waals surface area (Å²) in [6, 6.07) is 11.8. The van der Waals surface area contributed by atoms with Gasteiger partial charge in [-0.3, -0.25) is 4.79 Å². The Morgan fingerprint density at radius 1 is 1.09 bits per heavy atom. The molecule has 0 saturated carbocycles. The number of anilines is 2. The first-order chi connectivity index (χ1) is 10.6. The van der Waals surface area contributed by atoms with Crippen molar-refractivity contribution in [3.63, 3.8) is 0 Å². The summed E-state index contributed by atoms with van der Waals surface area (Å²) in [6.45, 7) is 4.27. The largest absolute Gasteiger partial charge is 0.369 e. The Labute approximate surface area is 142 Å². The molecule has 6 heteroatoms. The van der Waals surface area contributed by atoms with Crippen molar-refractivity contribution in [1.82, 2.24) is 4.90 Å². The molecule has 1 amide bonds. The normalized spacial score (nSPS) is 15.8. The summed E-state index contributed by atoms with van der Waals surface area (Å²) in [6.07, 6.45) is 0. The number of piperazine rings is 1. The van der Waals surface area contributed by atoms with E-state index >= 15 is 0 Å². The molecule has 2 aromatic rings. The third kappa shape index (κ3) is 3.69. The highest BCUT2D eigenvalue weighted by Crippen LogP contribution is 2.24. The maximum absolute atomic E-state index is 12.1. The number of thiophene rings is 1. The van der Waals surface area contributed by atoms with Gasteiger partial charge >= 0.3 is 0 Å².